The zero-order valence-corrected chi connectivity index (χ0v) is 8.18. The normalized spacial score (nSPS) is 10.9. The second kappa shape index (κ2) is 2.75. The van der Waals surface area contributed by atoms with E-state index >= 15 is 0 Å². The summed E-state index contributed by atoms with van der Waals surface area (Å²) in [6.07, 6.45) is 0. The Morgan fingerprint density at radius 2 is 2.17 bits per heavy atom. The average Bonchev–Trinajstić information content (AvgIpc) is 2.41. The van der Waals surface area contributed by atoms with Gasteiger partial charge in [-0.2, -0.15) is 4.39 Å². The fraction of sp³-hybridized carbons (Fsp3) is 0.111. The first-order valence-corrected chi connectivity index (χ1v) is 4.82. The maximum atomic E-state index is 12.9. The molecule has 0 bridgehead atoms. The Kier molecular flexibility index (Phi) is 1.85. The van der Waals surface area contributed by atoms with E-state index in [0.29, 0.717) is 0 Å². The van der Waals surface area contributed by atoms with Gasteiger partial charge < -0.3 is 0 Å². The van der Waals surface area contributed by atoms with Crippen molar-refractivity contribution in [2.24, 2.45) is 0 Å². The highest BCUT2D eigenvalue weighted by molar-refractivity contribution is 7.80. The molecule has 0 fully saturated rings. The molecule has 0 aliphatic heterocycles. The second-order valence-corrected chi connectivity index (χ2v) is 4.18. The summed E-state index contributed by atoms with van der Waals surface area (Å²) in [4.78, 5) is 0.851. The number of aryl methyl sites for hydroxylation is 1. The molecule has 0 aliphatic carbocycles. The van der Waals surface area contributed by atoms with Crippen LogP contribution in [0.25, 0.3) is 10.1 Å². The van der Waals surface area contributed by atoms with Gasteiger partial charge in [-0.1, -0.05) is 6.07 Å². The van der Waals surface area contributed by atoms with Crippen molar-refractivity contribution in [2.45, 2.75) is 11.8 Å². The van der Waals surface area contributed by atoms with Crippen LogP contribution in [0.1, 0.15) is 5.56 Å². The quantitative estimate of drug-likeness (QED) is 0.614. The maximum absolute atomic E-state index is 12.9. The number of halogens is 1. The summed E-state index contributed by atoms with van der Waals surface area (Å²) in [5.41, 5.74) is 1.10. The molecular weight excluding hydrogens is 191 g/mol. The van der Waals surface area contributed by atoms with Gasteiger partial charge in [0, 0.05) is 4.90 Å². The molecule has 3 heteroatoms. The monoisotopic (exact) mass is 198 g/mol. The van der Waals surface area contributed by atoms with Crippen LogP contribution in [0, 0.1) is 12.1 Å². The molecule has 2 rings (SSSR count). The topological polar surface area (TPSA) is 0 Å². The third kappa shape index (κ3) is 1.13. The van der Waals surface area contributed by atoms with E-state index in [2.05, 4.69) is 12.6 Å². The van der Waals surface area contributed by atoms with Crippen molar-refractivity contribution in [1.82, 2.24) is 0 Å². The molecule has 0 amide bonds. The van der Waals surface area contributed by atoms with Gasteiger partial charge in [-0.05, 0) is 30.0 Å². The van der Waals surface area contributed by atoms with Gasteiger partial charge in [0.05, 0.1) is 4.70 Å². The highest BCUT2D eigenvalue weighted by Gasteiger charge is 2.05. The minimum atomic E-state index is -0.144. The first kappa shape index (κ1) is 8.08. The van der Waals surface area contributed by atoms with Crippen molar-refractivity contribution in [3.8, 4) is 0 Å². The molecule has 1 aromatic carbocycles. The molecule has 0 spiro atoms. The van der Waals surface area contributed by atoms with Gasteiger partial charge in [-0.15, -0.1) is 24.0 Å². The molecule has 12 heavy (non-hydrogen) atoms. The largest absolute Gasteiger partial charge is 0.195 e. The molecule has 0 radical (unpaired) electrons. The van der Waals surface area contributed by atoms with Crippen LogP contribution in [0.15, 0.2) is 23.1 Å². The molecule has 0 saturated heterocycles. The number of hydrogen-bond donors (Lipinski definition) is 1. The summed E-state index contributed by atoms with van der Waals surface area (Å²) in [7, 11) is 0. The molecular formula is C9H7FS2. The molecule has 0 saturated carbocycles. The number of thiophene rings is 1. The molecule has 0 nitrogen and oxygen atoms in total. The van der Waals surface area contributed by atoms with Crippen molar-refractivity contribution >= 4 is 34.1 Å². The van der Waals surface area contributed by atoms with E-state index in [1.807, 2.05) is 19.1 Å². The standard InChI is InChI=1S/C9H7FS2/c1-5-2-3-7(11)9-6(5)4-8(10)12-9/h2-4,11H,1H3. The Bertz CT molecular complexity index is 392. The summed E-state index contributed by atoms with van der Waals surface area (Å²) < 4.78 is 13.8. The van der Waals surface area contributed by atoms with Crippen molar-refractivity contribution < 1.29 is 4.39 Å². The van der Waals surface area contributed by atoms with Gasteiger partial charge in [0.1, 0.15) is 0 Å². The van der Waals surface area contributed by atoms with Gasteiger partial charge in [0.2, 0.25) is 0 Å². The van der Waals surface area contributed by atoms with E-state index in [4.69, 9.17) is 0 Å². The number of hydrogen-bond acceptors (Lipinski definition) is 2. The number of thiol groups is 1. The summed E-state index contributed by atoms with van der Waals surface area (Å²) >= 11 is 5.40. The molecule has 62 valence electrons. The summed E-state index contributed by atoms with van der Waals surface area (Å²) in [5.74, 6) is 0. The van der Waals surface area contributed by atoms with Crippen LogP contribution in [0.5, 0.6) is 0 Å². The Morgan fingerprint density at radius 1 is 1.42 bits per heavy atom. The third-order valence-electron chi connectivity index (χ3n) is 1.85. The van der Waals surface area contributed by atoms with Crippen molar-refractivity contribution in [3.05, 3.63) is 28.9 Å². The van der Waals surface area contributed by atoms with Crippen molar-refractivity contribution in [2.75, 3.05) is 0 Å². The lowest BCUT2D eigenvalue weighted by Gasteiger charge is -1.96. The van der Waals surface area contributed by atoms with Crippen LogP contribution >= 0.6 is 24.0 Å². The summed E-state index contributed by atoms with van der Waals surface area (Å²) in [6, 6.07) is 5.42. The highest BCUT2D eigenvalue weighted by atomic mass is 32.1. The van der Waals surface area contributed by atoms with Gasteiger partial charge in [-0.25, -0.2) is 0 Å². The predicted octanol–water partition coefficient (Wildman–Crippen LogP) is 3.64. The molecule has 1 aromatic heterocycles. The van der Waals surface area contributed by atoms with Crippen molar-refractivity contribution in [1.29, 1.82) is 0 Å². The zero-order chi connectivity index (χ0) is 8.72. The first-order chi connectivity index (χ1) is 5.68. The first-order valence-electron chi connectivity index (χ1n) is 3.56. The Labute approximate surface area is 79.4 Å². The predicted molar refractivity (Wildman–Crippen MR) is 53.8 cm³/mol. The summed E-state index contributed by atoms with van der Waals surface area (Å²) in [5, 5.41) is 0.833. The summed E-state index contributed by atoms with van der Waals surface area (Å²) in [6.45, 7) is 1.97. The molecule has 0 atom stereocenters. The maximum Gasteiger partial charge on any atom is 0.177 e. The van der Waals surface area contributed by atoms with Gasteiger partial charge in [-0.3, -0.25) is 0 Å². The lowest BCUT2D eigenvalue weighted by Crippen LogP contribution is -1.72. The van der Waals surface area contributed by atoms with E-state index in [0.717, 1.165) is 31.9 Å². The van der Waals surface area contributed by atoms with Crippen LogP contribution in [0.4, 0.5) is 4.39 Å². The number of rotatable bonds is 0. The van der Waals surface area contributed by atoms with Crippen LogP contribution < -0.4 is 0 Å². The minimum absolute atomic E-state index is 0.144. The number of benzene rings is 1. The molecule has 0 N–H and O–H groups in total. The minimum Gasteiger partial charge on any atom is -0.195 e. The van der Waals surface area contributed by atoms with E-state index < -0.39 is 0 Å². The third-order valence-corrected chi connectivity index (χ3v) is 3.33. The smallest absolute Gasteiger partial charge is 0.177 e. The number of fused-ring (bicyclic) bond motifs is 1. The van der Waals surface area contributed by atoms with Gasteiger partial charge in [0.25, 0.3) is 0 Å². The molecule has 2 aromatic rings. The van der Waals surface area contributed by atoms with E-state index in [1.54, 1.807) is 6.07 Å². The Hall–Kier alpha value is -0.540. The van der Waals surface area contributed by atoms with Gasteiger partial charge >= 0.3 is 0 Å². The molecule has 0 unspecified atom stereocenters. The zero-order valence-electron chi connectivity index (χ0n) is 6.47. The van der Waals surface area contributed by atoms with E-state index in [-0.39, 0.29) is 5.13 Å². The van der Waals surface area contributed by atoms with E-state index in [9.17, 15) is 4.39 Å². The highest BCUT2D eigenvalue weighted by Crippen LogP contribution is 2.31. The van der Waals surface area contributed by atoms with Crippen LogP contribution in [0.2, 0.25) is 0 Å². The van der Waals surface area contributed by atoms with Crippen LogP contribution in [-0.4, -0.2) is 0 Å². The van der Waals surface area contributed by atoms with Crippen LogP contribution in [0.3, 0.4) is 0 Å². The van der Waals surface area contributed by atoms with Crippen molar-refractivity contribution in [3.63, 3.8) is 0 Å². The fourth-order valence-electron chi connectivity index (χ4n) is 1.21. The Balaban J connectivity index is 2.93. The van der Waals surface area contributed by atoms with Crippen LogP contribution in [-0.2, 0) is 0 Å². The van der Waals surface area contributed by atoms with E-state index in [1.165, 1.54) is 0 Å². The lowest BCUT2D eigenvalue weighted by molar-refractivity contribution is 0.658. The Morgan fingerprint density at radius 3 is 2.83 bits per heavy atom. The lowest BCUT2D eigenvalue weighted by atomic mass is 10.1. The molecule has 0 aliphatic rings. The average molecular weight is 198 g/mol. The SMILES string of the molecule is Cc1ccc(S)c2sc(F)cc12. The molecule has 1 heterocycles. The second-order valence-electron chi connectivity index (χ2n) is 2.69. The van der Waals surface area contributed by atoms with Gasteiger partial charge in [0.15, 0.2) is 5.13 Å². The fourth-order valence-corrected chi connectivity index (χ4v) is 2.42.